The molecule has 0 aliphatic rings. The van der Waals surface area contributed by atoms with E-state index in [9.17, 15) is 19.1 Å². The van der Waals surface area contributed by atoms with Gasteiger partial charge in [0.2, 0.25) is 0 Å². The lowest BCUT2D eigenvalue weighted by molar-refractivity contribution is -0.605. The highest BCUT2D eigenvalue weighted by molar-refractivity contribution is 6.35. The third-order valence-corrected chi connectivity index (χ3v) is 4.04. The van der Waals surface area contributed by atoms with Crippen molar-refractivity contribution in [1.82, 2.24) is 0 Å². The number of rotatable bonds is 7. The Balaban J connectivity index is 2.30. The third-order valence-electron chi connectivity index (χ3n) is 3.39. The van der Waals surface area contributed by atoms with Gasteiger partial charge in [0.05, 0.1) is 12.2 Å². The van der Waals surface area contributed by atoms with Gasteiger partial charge in [-0.3, -0.25) is 0 Å². The maximum atomic E-state index is 12.5. The predicted molar refractivity (Wildman–Crippen MR) is 92.9 cm³/mol. The molecule has 0 fully saturated rings. The summed E-state index contributed by atoms with van der Waals surface area (Å²) in [7, 11) is 0. The molecule has 1 atom stereocenters. The van der Waals surface area contributed by atoms with Gasteiger partial charge in [0.25, 0.3) is 0 Å². The van der Waals surface area contributed by atoms with E-state index in [1.807, 2.05) is 0 Å². The van der Waals surface area contributed by atoms with Crippen molar-refractivity contribution < 1.29 is 28.1 Å². The Labute approximate surface area is 159 Å². The molecule has 0 saturated heterocycles. The molecule has 0 radical (unpaired) electrons. The smallest absolute Gasteiger partial charge is 0.387 e. The number of nitrogens with zero attached hydrogens (tertiary/aromatic N) is 1. The predicted octanol–water partition coefficient (Wildman–Crippen LogP) is 4.29. The first kappa shape index (κ1) is 20.5. The number of aliphatic hydroxyl groups excluding tert-OH is 1. The van der Waals surface area contributed by atoms with Crippen molar-refractivity contribution in [3.8, 4) is 11.5 Å². The summed E-state index contributed by atoms with van der Waals surface area (Å²) in [5.74, 6) is -0.0488. The Morgan fingerprint density at radius 3 is 2.27 bits per heavy atom. The number of ether oxygens (including phenoxy) is 2. The van der Waals surface area contributed by atoms with E-state index < -0.39 is 12.7 Å². The lowest BCUT2D eigenvalue weighted by Crippen LogP contribution is -2.25. The fourth-order valence-electron chi connectivity index (χ4n) is 2.31. The maximum absolute atomic E-state index is 12.5. The summed E-state index contributed by atoms with van der Waals surface area (Å²) in [6.07, 6.45) is 0.940. The molecule has 1 aromatic heterocycles. The summed E-state index contributed by atoms with van der Waals surface area (Å²) in [6.45, 7) is 0.467. The molecule has 26 heavy (non-hydrogen) atoms. The molecule has 142 valence electrons. The van der Waals surface area contributed by atoms with Crippen molar-refractivity contribution in [1.29, 1.82) is 0 Å². The third kappa shape index (κ3) is 5.33. The topological polar surface area (TPSA) is 65.6 Å². The summed E-state index contributed by atoms with van der Waals surface area (Å²) < 4.78 is 35.4. The van der Waals surface area contributed by atoms with Crippen molar-refractivity contribution >= 4 is 23.2 Å². The highest BCUT2D eigenvalue weighted by Crippen LogP contribution is 2.34. The van der Waals surface area contributed by atoms with Gasteiger partial charge in [-0.05, 0) is 31.5 Å². The summed E-state index contributed by atoms with van der Waals surface area (Å²) in [5.41, 5.74) is 0.792. The fraction of sp³-hybridized carbons (Fsp3) is 0.353. The number of hydrogen-bond donors (Lipinski definition) is 1. The van der Waals surface area contributed by atoms with E-state index in [0.717, 1.165) is 12.4 Å². The second-order valence-corrected chi connectivity index (χ2v) is 6.58. The number of halogens is 4. The highest BCUT2D eigenvalue weighted by atomic mass is 35.5. The molecule has 0 aliphatic heterocycles. The van der Waals surface area contributed by atoms with Gasteiger partial charge in [0, 0.05) is 12.0 Å². The van der Waals surface area contributed by atoms with Crippen LogP contribution in [-0.2, 0) is 6.42 Å². The molecular weight excluding hydrogens is 391 g/mol. The summed E-state index contributed by atoms with van der Waals surface area (Å²) >= 11 is 12.0. The number of alkyl halides is 2. The van der Waals surface area contributed by atoms with Crippen molar-refractivity contribution in [2.75, 3.05) is 0 Å². The number of hydrogen-bond acceptors (Lipinski definition) is 4. The summed E-state index contributed by atoms with van der Waals surface area (Å²) in [4.78, 5) is 0. The van der Waals surface area contributed by atoms with Crippen LogP contribution in [0.15, 0.2) is 30.6 Å². The van der Waals surface area contributed by atoms with E-state index in [1.54, 1.807) is 13.8 Å². The zero-order chi connectivity index (χ0) is 19.4. The standard InChI is InChI=1S/C17H17Cl2F2NO4/c1-9(2)25-16-5-10(3-4-15(16)26-17(20)21)14(23)6-11-12(18)7-22(24)8-13(11)19/h3-5,7-9,14,17,23H,6H2,1-2H3/t14-/m0/s1. The molecule has 0 spiro atoms. The van der Waals surface area contributed by atoms with Crippen LogP contribution in [0.3, 0.4) is 0 Å². The molecule has 1 heterocycles. The molecule has 5 nitrogen and oxygen atoms in total. The summed E-state index contributed by atoms with van der Waals surface area (Å²) in [5, 5.41) is 22.0. The van der Waals surface area contributed by atoms with Gasteiger partial charge in [-0.25, -0.2) is 0 Å². The van der Waals surface area contributed by atoms with Crippen molar-refractivity contribution in [3.63, 3.8) is 0 Å². The van der Waals surface area contributed by atoms with Crippen LogP contribution in [0.1, 0.15) is 31.1 Å². The minimum absolute atomic E-state index is 0.0225. The van der Waals surface area contributed by atoms with Gasteiger partial charge in [0.15, 0.2) is 23.9 Å². The molecule has 0 saturated carbocycles. The van der Waals surface area contributed by atoms with Gasteiger partial charge in [-0.2, -0.15) is 13.5 Å². The molecule has 9 heteroatoms. The monoisotopic (exact) mass is 407 g/mol. The minimum atomic E-state index is -3.00. The van der Waals surface area contributed by atoms with Crippen molar-refractivity contribution in [2.45, 2.75) is 39.1 Å². The molecule has 0 amide bonds. The van der Waals surface area contributed by atoms with Gasteiger partial charge in [-0.15, -0.1) is 0 Å². The molecule has 2 aromatic rings. The van der Waals surface area contributed by atoms with E-state index in [0.29, 0.717) is 15.9 Å². The average Bonchev–Trinajstić information content (AvgIpc) is 2.51. The molecule has 2 rings (SSSR count). The highest BCUT2D eigenvalue weighted by Gasteiger charge is 2.20. The average molecular weight is 408 g/mol. The Bertz CT molecular complexity index is 751. The van der Waals surface area contributed by atoms with Gasteiger partial charge < -0.3 is 19.8 Å². The van der Waals surface area contributed by atoms with Crippen LogP contribution in [0.5, 0.6) is 11.5 Å². The van der Waals surface area contributed by atoms with E-state index in [-0.39, 0.29) is 34.1 Å². The van der Waals surface area contributed by atoms with Crippen LogP contribution in [0.2, 0.25) is 10.0 Å². The zero-order valence-electron chi connectivity index (χ0n) is 14.0. The van der Waals surface area contributed by atoms with Crippen LogP contribution in [0.4, 0.5) is 8.78 Å². The molecular formula is C17H17Cl2F2NO4. The minimum Gasteiger partial charge on any atom is -0.619 e. The van der Waals surface area contributed by atoms with Crippen molar-refractivity contribution in [2.24, 2.45) is 0 Å². The molecule has 0 bridgehead atoms. The number of pyridine rings is 1. The Kier molecular flexibility index (Phi) is 6.86. The van der Waals surface area contributed by atoms with Gasteiger partial charge >= 0.3 is 6.61 Å². The van der Waals surface area contributed by atoms with Crippen LogP contribution in [-0.4, -0.2) is 17.8 Å². The number of aliphatic hydroxyl groups is 1. The van der Waals surface area contributed by atoms with Crippen LogP contribution in [0, 0.1) is 5.21 Å². The Morgan fingerprint density at radius 1 is 1.12 bits per heavy atom. The van der Waals surface area contributed by atoms with Crippen LogP contribution in [0.25, 0.3) is 0 Å². The zero-order valence-corrected chi connectivity index (χ0v) is 15.5. The van der Waals surface area contributed by atoms with Gasteiger partial charge in [0.1, 0.15) is 10.0 Å². The molecule has 1 aromatic carbocycles. The number of benzene rings is 1. The SMILES string of the molecule is CC(C)Oc1cc([C@@H](O)Cc2c(Cl)c[n+]([O-])cc2Cl)ccc1OC(F)F. The first-order chi connectivity index (χ1) is 12.2. The largest absolute Gasteiger partial charge is 0.619 e. The maximum Gasteiger partial charge on any atom is 0.387 e. The van der Waals surface area contributed by atoms with E-state index in [2.05, 4.69) is 4.74 Å². The normalized spacial score (nSPS) is 12.5. The lowest BCUT2D eigenvalue weighted by atomic mass is 10.0. The van der Waals surface area contributed by atoms with E-state index in [4.69, 9.17) is 27.9 Å². The van der Waals surface area contributed by atoms with Crippen LogP contribution >= 0.6 is 23.2 Å². The quantitative estimate of drug-likeness (QED) is 0.549. The van der Waals surface area contributed by atoms with Crippen LogP contribution < -0.4 is 14.2 Å². The second-order valence-electron chi connectivity index (χ2n) is 5.76. The fourth-order valence-corrected chi connectivity index (χ4v) is 2.91. The summed E-state index contributed by atoms with van der Waals surface area (Å²) in [6, 6.07) is 4.15. The lowest BCUT2D eigenvalue weighted by Gasteiger charge is -2.18. The van der Waals surface area contributed by atoms with E-state index in [1.165, 1.54) is 18.2 Å². The molecule has 1 N–H and O–H groups in total. The first-order valence-corrected chi connectivity index (χ1v) is 8.43. The molecule has 0 aliphatic carbocycles. The Morgan fingerprint density at radius 2 is 1.73 bits per heavy atom. The van der Waals surface area contributed by atoms with Gasteiger partial charge in [-0.1, -0.05) is 29.3 Å². The van der Waals surface area contributed by atoms with E-state index >= 15 is 0 Å². The Hall–Kier alpha value is -1.83. The number of aromatic nitrogens is 1. The van der Waals surface area contributed by atoms with Crippen molar-refractivity contribution in [3.05, 3.63) is 57.0 Å². The first-order valence-electron chi connectivity index (χ1n) is 7.67. The molecule has 0 unspecified atom stereocenters. The second kappa shape index (κ2) is 8.70.